The zero-order valence-electron chi connectivity index (χ0n) is 12.8. The molecule has 0 aliphatic heterocycles. The van der Waals surface area contributed by atoms with Gasteiger partial charge in [-0.05, 0) is 60.0 Å². The van der Waals surface area contributed by atoms with E-state index in [0.717, 1.165) is 16.9 Å². The number of nitrogens with one attached hydrogen (secondary N) is 2. The molecule has 22 heavy (non-hydrogen) atoms. The number of aliphatic hydroxyl groups is 1. The number of carbonyl (C=O) groups is 1. The lowest BCUT2D eigenvalue weighted by molar-refractivity contribution is 0.0604. The van der Waals surface area contributed by atoms with E-state index in [1.807, 2.05) is 29.8 Å². The van der Waals surface area contributed by atoms with Gasteiger partial charge in [0.2, 0.25) is 0 Å². The standard InChI is InChI=1S/C16H20N2O3S/c1-11-8-13(4-5-14(11)21-3)18-15(19)17-10-16(2,20)12-6-7-22-9-12/h4-9,20H,10H2,1-3H3,(H2,17,18,19). The maximum atomic E-state index is 11.9. The quantitative estimate of drug-likeness (QED) is 0.793. The van der Waals surface area contributed by atoms with Gasteiger partial charge in [-0.15, -0.1) is 0 Å². The molecule has 1 aromatic heterocycles. The summed E-state index contributed by atoms with van der Waals surface area (Å²) < 4.78 is 5.18. The molecule has 5 nitrogen and oxygen atoms in total. The van der Waals surface area contributed by atoms with Crippen molar-refractivity contribution < 1.29 is 14.6 Å². The third kappa shape index (κ3) is 3.99. The maximum absolute atomic E-state index is 11.9. The molecule has 1 aromatic carbocycles. The Labute approximate surface area is 133 Å². The molecule has 0 aliphatic rings. The van der Waals surface area contributed by atoms with E-state index >= 15 is 0 Å². The number of rotatable bonds is 5. The zero-order chi connectivity index (χ0) is 16.2. The van der Waals surface area contributed by atoms with E-state index in [1.165, 1.54) is 11.3 Å². The number of ether oxygens (including phenoxy) is 1. The number of carbonyl (C=O) groups excluding carboxylic acids is 1. The van der Waals surface area contributed by atoms with Crippen LogP contribution in [0.2, 0.25) is 0 Å². The monoisotopic (exact) mass is 320 g/mol. The molecular weight excluding hydrogens is 300 g/mol. The molecule has 0 saturated heterocycles. The summed E-state index contributed by atoms with van der Waals surface area (Å²) >= 11 is 1.51. The van der Waals surface area contributed by atoms with Crippen molar-refractivity contribution in [3.8, 4) is 5.75 Å². The van der Waals surface area contributed by atoms with Crippen LogP contribution in [0.3, 0.4) is 0 Å². The van der Waals surface area contributed by atoms with Crippen LogP contribution in [0, 0.1) is 6.92 Å². The lowest BCUT2D eigenvalue weighted by Crippen LogP contribution is -2.40. The molecular formula is C16H20N2O3S. The Balaban J connectivity index is 1.92. The van der Waals surface area contributed by atoms with Crippen LogP contribution in [0.1, 0.15) is 18.1 Å². The number of aryl methyl sites for hydroxylation is 1. The Morgan fingerprint density at radius 2 is 2.18 bits per heavy atom. The van der Waals surface area contributed by atoms with Crippen molar-refractivity contribution in [3.05, 3.63) is 46.2 Å². The fourth-order valence-electron chi connectivity index (χ4n) is 2.06. The predicted octanol–water partition coefficient (Wildman–Crippen LogP) is 3.09. The van der Waals surface area contributed by atoms with Crippen LogP contribution in [0.5, 0.6) is 5.75 Å². The SMILES string of the molecule is COc1ccc(NC(=O)NCC(C)(O)c2ccsc2)cc1C. The van der Waals surface area contributed by atoms with Gasteiger partial charge in [0.1, 0.15) is 11.4 Å². The first kappa shape index (κ1) is 16.3. The highest BCUT2D eigenvalue weighted by atomic mass is 32.1. The molecule has 2 amide bonds. The van der Waals surface area contributed by atoms with E-state index in [4.69, 9.17) is 4.74 Å². The minimum absolute atomic E-state index is 0.130. The van der Waals surface area contributed by atoms with Crippen LogP contribution < -0.4 is 15.4 Å². The molecule has 1 unspecified atom stereocenters. The first-order chi connectivity index (χ1) is 10.4. The van der Waals surface area contributed by atoms with Gasteiger partial charge in [0.15, 0.2) is 0 Å². The number of benzene rings is 1. The number of hydrogen-bond donors (Lipinski definition) is 3. The van der Waals surface area contributed by atoms with Gasteiger partial charge in [-0.2, -0.15) is 11.3 Å². The number of urea groups is 1. The molecule has 1 heterocycles. The van der Waals surface area contributed by atoms with E-state index in [2.05, 4.69) is 10.6 Å². The van der Waals surface area contributed by atoms with Gasteiger partial charge >= 0.3 is 6.03 Å². The van der Waals surface area contributed by atoms with Gasteiger partial charge in [0.05, 0.1) is 13.7 Å². The minimum atomic E-state index is -1.09. The van der Waals surface area contributed by atoms with Crippen LogP contribution in [0.25, 0.3) is 0 Å². The van der Waals surface area contributed by atoms with Gasteiger partial charge in [-0.25, -0.2) is 4.79 Å². The second kappa shape index (κ2) is 6.81. The van der Waals surface area contributed by atoms with Gasteiger partial charge in [-0.1, -0.05) is 0 Å². The summed E-state index contributed by atoms with van der Waals surface area (Å²) in [5.41, 5.74) is 1.31. The Morgan fingerprint density at radius 1 is 1.41 bits per heavy atom. The Hall–Kier alpha value is -2.05. The Bertz CT molecular complexity index is 639. The number of amides is 2. The third-order valence-electron chi connectivity index (χ3n) is 3.39. The highest BCUT2D eigenvalue weighted by molar-refractivity contribution is 7.08. The largest absolute Gasteiger partial charge is 0.496 e. The summed E-state index contributed by atoms with van der Waals surface area (Å²) in [5, 5.41) is 19.5. The highest BCUT2D eigenvalue weighted by Crippen LogP contribution is 2.23. The summed E-state index contributed by atoms with van der Waals surface area (Å²) in [6.45, 7) is 3.71. The molecule has 0 bridgehead atoms. The smallest absolute Gasteiger partial charge is 0.319 e. The molecule has 0 radical (unpaired) electrons. The number of thiophene rings is 1. The van der Waals surface area contributed by atoms with Crippen molar-refractivity contribution >= 4 is 23.1 Å². The van der Waals surface area contributed by atoms with Gasteiger partial charge in [0, 0.05) is 5.69 Å². The van der Waals surface area contributed by atoms with E-state index in [9.17, 15) is 9.90 Å². The molecule has 118 valence electrons. The van der Waals surface area contributed by atoms with Crippen LogP contribution in [0.15, 0.2) is 35.0 Å². The van der Waals surface area contributed by atoms with E-state index in [0.29, 0.717) is 5.69 Å². The van der Waals surface area contributed by atoms with Gasteiger partial charge < -0.3 is 20.5 Å². The first-order valence-electron chi connectivity index (χ1n) is 6.87. The van der Waals surface area contributed by atoms with Crippen molar-refractivity contribution in [1.82, 2.24) is 5.32 Å². The molecule has 0 spiro atoms. The average molecular weight is 320 g/mol. The van der Waals surface area contributed by atoms with Crippen molar-refractivity contribution in [1.29, 1.82) is 0 Å². The number of anilines is 1. The van der Waals surface area contributed by atoms with Crippen LogP contribution in [0.4, 0.5) is 10.5 Å². The number of hydrogen-bond acceptors (Lipinski definition) is 4. The highest BCUT2D eigenvalue weighted by Gasteiger charge is 2.24. The topological polar surface area (TPSA) is 70.6 Å². The zero-order valence-corrected chi connectivity index (χ0v) is 13.7. The van der Waals surface area contributed by atoms with Crippen molar-refractivity contribution in [3.63, 3.8) is 0 Å². The van der Waals surface area contributed by atoms with Gasteiger partial charge in [-0.3, -0.25) is 0 Å². The molecule has 0 aliphatic carbocycles. The van der Waals surface area contributed by atoms with E-state index in [-0.39, 0.29) is 12.6 Å². The fraction of sp³-hybridized carbons (Fsp3) is 0.312. The lowest BCUT2D eigenvalue weighted by Gasteiger charge is -2.23. The Kier molecular flexibility index (Phi) is 5.05. The number of methoxy groups -OCH3 is 1. The second-order valence-corrected chi connectivity index (χ2v) is 6.06. The van der Waals surface area contributed by atoms with Crippen molar-refractivity contribution in [2.75, 3.05) is 19.0 Å². The van der Waals surface area contributed by atoms with Gasteiger partial charge in [0.25, 0.3) is 0 Å². The van der Waals surface area contributed by atoms with Crippen molar-refractivity contribution in [2.45, 2.75) is 19.4 Å². The Morgan fingerprint density at radius 3 is 2.77 bits per heavy atom. The molecule has 0 saturated carbocycles. The predicted molar refractivity (Wildman–Crippen MR) is 88.6 cm³/mol. The summed E-state index contributed by atoms with van der Waals surface area (Å²) in [7, 11) is 1.61. The van der Waals surface area contributed by atoms with Crippen LogP contribution in [-0.4, -0.2) is 24.8 Å². The first-order valence-corrected chi connectivity index (χ1v) is 7.81. The molecule has 0 fully saturated rings. The summed E-state index contributed by atoms with van der Waals surface area (Å²) in [4.78, 5) is 11.9. The molecule has 1 atom stereocenters. The average Bonchev–Trinajstić information content (AvgIpc) is 3.00. The molecule has 3 N–H and O–H groups in total. The summed E-state index contributed by atoms with van der Waals surface area (Å²) in [6, 6.07) is 6.88. The molecule has 2 aromatic rings. The van der Waals surface area contributed by atoms with Crippen molar-refractivity contribution in [2.24, 2.45) is 0 Å². The molecule has 2 rings (SSSR count). The van der Waals surface area contributed by atoms with E-state index < -0.39 is 5.60 Å². The minimum Gasteiger partial charge on any atom is -0.496 e. The van der Waals surface area contributed by atoms with E-state index in [1.54, 1.807) is 26.2 Å². The third-order valence-corrected chi connectivity index (χ3v) is 4.07. The second-order valence-electron chi connectivity index (χ2n) is 5.28. The normalized spacial score (nSPS) is 13.3. The summed E-state index contributed by atoms with van der Waals surface area (Å²) in [6.07, 6.45) is 0. The van der Waals surface area contributed by atoms with Crippen LogP contribution in [-0.2, 0) is 5.60 Å². The fourth-order valence-corrected chi connectivity index (χ4v) is 2.84. The molecule has 6 heteroatoms. The lowest BCUT2D eigenvalue weighted by atomic mass is 9.99. The summed E-state index contributed by atoms with van der Waals surface area (Å²) in [5.74, 6) is 0.770. The maximum Gasteiger partial charge on any atom is 0.319 e. The van der Waals surface area contributed by atoms with Crippen LogP contribution >= 0.6 is 11.3 Å².